The first-order valence-corrected chi connectivity index (χ1v) is 16.6. The molecule has 0 atom stereocenters. The van der Waals surface area contributed by atoms with Crippen molar-refractivity contribution in [2.45, 2.75) is 70.9 Å². The molecular formula is C28H42F3N5O3Si. The lowest BCUT2D eigenvalue weighted by atomic mass is 9.88. The molecule has 0 aliphatic carbocycles. The van der Waals surface area contributed by atoms with Crippen LogP contribution >= 0.6 is 0 Å². The number of morpholine rings is 1. The largest absolute Gasteiger partial charge is 0.494 e. The number of hydrogen-bond donors (Lipinski definition) is 1. The standard InChI is InChI=1S/C28H42F3N5O3Si/c1-26(2,3)40(7,8)39-16-22-33-24(32-17-28(29,30)31)23-25(34-22)36(18-27(23,4)5)20-10-9-19(15-21(20)37-6)35-11-13-38-14-12-35/h9-10,15H,11-14,16-18H2,1-8H3,(H,32,33,34). The van der Waals surface area contributed by atoms with Crippen LogP contribution in [-0.4, -0.2) is 71.0 Å². The highest BCUT2D eigenvalue weighted by Crippen LogP contribution is 2.49. The van der Waals surface area contributed by atoms with Gasteiger partial charge >= 0.3 is 6.18 Å². The lowest BCUT2D eigenvalue weighted by Crippen LogP contribution is -2.40. The summed E-state index contributed by atoms with van der Waals surface area (Å²) < 4.78 is 57.6. The van der Waals surface area contributed by atoms with Crippen LogP contribution < -0.4 is 19.9 Å². The van der Waals surface area contributed by atoms with Crippen molar-refractivity contribution in [2.24, 2.45) is 0 Å². The molecule has 1 fully saturated rings. The van der Waals surface area contributed by atoms with Crippen molar-refractivity contribution >= 4 is 31.3 Å². The van der Waals surface area contributed by atoms with Gasteiger partial charge in [-0.05, 0) is 30.3 Å². The van der Waals surface area contributed by atoms with Crippen molar-refractivity contribution in [3.05, 3.63) is 29.6 Å². The number of fused-ring (bicyclic) bond motifs is 1. The Morgan fingerprint density at radius 2 is 1.77 bits per heavy atom. The third kappa shape index (κ3) is 6.49. The molecule has 12 heteroatoms. The van der Waals surface area contributed by atoms with E-state index < -0.39 is 26.5 Å². The molecule has 0 amide bonds. The van der Waals surface area contributed by atoms with Crippen LogP contribution in [0.3, 0.4) is 0 Å². The molecule has 1 saturated heterocycles. The number of halogens is 3. The second-order valence-electron chi connectivity index (χ2n) is 12.6. The molecule has 1 aromatic heterocycles. The van der Waals surface area contributed by atoms with Crippen LogP contribution in [0.5, 0.6) is 5.75 Å². The van der Waals surface area contributed by atoms with Gasteiger partial charge in [-0.3, -0.25) is 0 Å². The van der Waals surface area contributed by atoms with E-state index in [0.29, 0.717) is 42.7 Å². The molecule has 8 nitrogen and oxygen atoms in total. The van der Waals surface area contributed by atoms with Gasteiger partial charge in [-0.1, -0.05) is 34.6 Å². The molecule has 222 valence electrons. The Kier molecular flexibility index (Phi) is 8.37. The number of methoxy groups -OCH3 is 1. The summed E-state index contributed by atoms with van der Waals surface area (Å²) in [6, 6.07) is 6.03. The van der Waals surface area contributed by atoms with Gasteiger partial charge in [-0.2, -0.15) is 13.2 Å². The zero-order valence-electron chi connectivity index (χ0n) is 24.8. The lowest BCUT2D eigenvalue weighted by molar-refractivity contribution is -0.115. The maximum Gasteiger partial charge on any atom is 0.405 e. The number of nitrogens with one attached hydrogen (secondary N) is 1. The first kappa shape index (κ1) is 30.4. The van der Waals surface area contributed by atoms with Crippen LogP contribution in [0.15, 0.2) is 18.2 Å². The van der Waals surface area contributed by atoms with Gasteiger partial charge in [-0.15, -0.1) is 0 Å². The van der Waals surface area contributed by atoms with E-state index in [0.717, 1.165) is 24.5 Å². The zero-order valence-corrected chi connectivity index (χ0v) is 25.8. The van der Waals surface area contributed by atoms with Crippen LogP contribution in [0, 0.1) is 0 Å². The highest BCUT2D eigenvalue weighted by Gasteiger charge is 2.43. The number of nitrogens with zero attached hydrogens (tertiary/aromatic N) is 4. The van der Waals surface area contributed by atoms with Crippen LogP contribution in [0.2, 0.25) is 18.1 Å². The quantitative estimate of drug-likeness (QED) is 0.367. The van der Waals surface area contributed by atoms with Crippen LogP contribution in [0.25, 0.3) is 0 Å². The molecule has 3 heterocycles. The summed E-state index contributed by atoms with van der Waals surface area (Å²) in [6.45, 7) is 17.0. The predicted molar refractivity (Wildman–Crippen MR) is 155 cm³/mol. The van der Waals surface area contributed by atoms with Crippen molar-refractivity contribution < 1.29 is 27.1 Å². The summed E-state index contributed by atoms with van der Waals surface area (Å²) in [5.74, 6) is 1.76. The van der Waals surface area contributed by atoms with E-state index in [1.807, 2.05) is 36.9 Å². The van der Waals surface area contributed by atoms with Crippen LogP contribution in [0.1, 0.15) is 46.0 Å². The van der Waals surface area contributed by atoms with Crippen LogP contribution in [0.4, 0.5) is 36.2 Å². The number of rotatable bonds is 8. The van der Waals surface area contributed by atoms with E-state index in [4.69, 9.17) is 18.9 Å². The van der Waals surface area contributed by atoms with Crippen molar-refractivity contribution in [3.8, 4) is 5.75 Å². The SMILES string of the molecule is COc1cc(N2CCOCC2)ccc1N1CC(C)(C)c2c(NCC(F)(F)F)nc(CO[Si](C)(C)C(C)(C)C)nc21. The molecule has 40 heavy (non-hydrogen) atoms. The second kappa shape index (κ2) is 11.0. The summed E-state index contributed by atoms with van der Waals surface area (Å²) in [7, 11) is -0.530. The van der Waals surface area contributed by atoms with Gasteiger partial charge in [0.05, 0.1) is 32.6 Å². The molecule has 2 aliphatic rings. The number of aromatic nitrogens is 2. The Hall–Kier alpha value is -2.57. The molecule has 1 N–H and O–H groups in total. The Morgan fingerprint density at radius 1 is 1.10 bits per heavy atom. The van der Waals surface area contributed by atoms with E-state index in [1.54, 1.807) is 7.11 Å². The monoisotopic (exact) mass is 581 g/mol. The van der Waals surface area contributed by atoms with Gasteiger partial charge in [0.1, 0.15) is 23.9 Å². The molecule has 1 aromatic carbocycles. The van der Waals surface area contributed by atoms with E-state index in [1.165, 1.54) is 0 Å². The normalized spacial score (nSPS) is 17.7. The first-order valence-electron chi connectivity index (χ1n) is 13.7. The summed E-state index contributed by atoms with van der Waals surface area (Å²) in [5, 5.41) is 2.53. The Balaban J connectivity index is 1.76. The van der Waals surface area contributed by atoms with Gasteiger partial charge < -0.3 is 29.0 Å². The molecule has 0 spiro atoms. The fraction of sp³-hybridized carbons (Fsp3) is 0.643. The Bertz CT molecular complexity index is 1210. The molecular weight excluding hydrogens is 539 g/mol. The third-order valence-electron chi connectivity index (χ3n) is 8.08. The topological polar surface area (TPSA) is 72.0 Å². The minimum Gasteiger partial charge on any atom is -0.494 e. The summed E-state index contributed by atoms with van der Waals surface area (Å²) >= 11 is 0. The minimum atomic E-state index is -4.39. The molecule has 0 bridgehead atoms. The Morgan fingerprint density at radius 3 is 2.38 bits per heavy atom. The summed E-state index contributed by atoms with van der Waals surface area (Å²) in [5.41, 5.74) is 1.94. The van der Waals surface area contributed by atoms with E-state index >= 15 is 0 Å². The average Bonchev–Trinajstić information content (AvgIpc) is 3.15. The Labute approximate surface area is 236 Å². The molecule has 2 aliphatic heterocycles. The maximum atomic E-state index is 13.3. The highest BCUT2D eigenvalue weighted by atomic mass is 28.4. The molecule has 4 rings (SSSR count). The second-order valence-corrected chi connectivity index (χ2v) is 17.4. The number of anilines is 4. The van der Waals surface area contributed by atoms with Gasteiger partial charge in [0, 0.05) is 42.4 Å². The van der Waals surface area contributed by atoms with Gasteiger partial charge in [-0.25, -0.2) is 9.97 Å². The average molecular weight is 582 g/mol. The van der Waals surface area contributed by atoms with E-state index in [-0.39, 0.29) is 17.5 Å². The van der Waals surface area contributed by atoms with Crippen LogP contribution in [-0.2, 0) is 21.2 Å². The van der Waals surface area contributed by atoms with Gasteiger partial charge in [0.2, 0.25) is 0 Å². The number of alkyl halides is 3. The van der Waals surface area contributed by atoms with Crippen molar-refractivity contribution in [1.82, 2.24) is 9.97 Å². The first-order chi connectivity index (χ1) is 18.5. The van der Waals surface area contributed by atoms with Crippen molar-refractivity contribution in [2.75, 3.05) is 61.6 Å². The van der Waals surface area contributed by atoms with Crippen molar-refractivity contribution in [1.29, 1.82) is 0 Å². The summed E-state index contributed by atoms with van der Waals surface area (Å²) in [4.78, 5) is 13.7. The van der Waals surface area contributed by atoms with Gasteiger partial charge in [0.15, 0.2) is 14.1 Å². The molecule has 2 aromatic rings. The van der Waals surface area contributed by atoms with Gasteiger partial charge in [0.25, 0.3) is 0 Å². The summed E-state index contributed by atoms with van der Waals surface area (Å²) in [6.07, 6.45) is -4.39. The molecule has 0 radical (unpaired) electrons. The zero-order chi connectivity index (χ0) is 29.5. The predicted octanol–water partition coefficient (Wildman–Crippen LogP) is 6.25. The molecule has 0 unspecified atom stereocenters. The fourth-order valence-corrected chi connectivity index (χ4v) is 5.73. The number of ether oxygens (including phenoxy) is 2. The third-order valence-corrected chi connectivity index (χ3v) is 12.6. The number of hydrogen-bond acceptors (Lipinski definition) is 8. The van der Waals surface area contributed by atoms with E-state index in [9.17, 15) is 13.2 Å². The number of benzene rings is 1. The smallest absolute Gasteiger partial charge is 0.405 e. The molecule has 0 saturated carbocycles. The van der Waals surface area contributed by atoms with E-state index in [2.05, 4.69) is 49.1 Å². The lowest BCUT2D eigenvalue weighted by Gasteiger charge is -2.36. The maximum absolute atomic E-state index is 13.3. The van der Waals surface area contributed by atoms with Crippen molar-refractivity contribution in [3.63, 3.8) is 0 Å². The fourth-order valence-electron chi connectivity index (χ4n) is 4.81. The minimum absolute atomic E-state index is 0.0370. The highest BCUT2D eigenvalue weighted by molar-refractivity contribution is 6.74.